The van der Waals surface area contributed by atoms with E-state index in [2.05, 4.69) is 12.0 Å². The largest absolute Gasteiger partial charge is 0.342 e. The lowest BCUT2D eigenvalue weighted by Crippen LogP contribution is -2.27. The minimum Gasteiger partial charge on any atom is -0.342 e. The van der Waals surface area contributed by atoms with Crippen LogP contribution in [0, 0.1) is 13.8 Å². The van der Waals surface area contributed by atoms with Gasteiger partial charge in [-0.25, -0.2) is 4.68 Å². The van der Waals surface area contributed by atoms with E-state index in [0.29, 0.717) is 0 Å². The van der Waals surface area contributed by atoms with Gasteiger partial charge in [-0.2, -0.15) is 5.10 Å². The van der Waals surface area contributed by atoms with Crippen LogP contribution in [0.25, 0.3) is 5.69 Å². The number of aryl methyl sites for hydroxylation is 2. The van der Waals surface area contributed by atoms with E-state index < -0.39 is 0 Å². The number of unbranched alkanes of at least 4 members (excludes halogenated alkanes) is 1. The molecule has 0 bridgehead atoms. The Kier molecular flexibility index (Phi) is 4.78. The summed E-state index contributed by atoms with van der Waals surface area (Å²) in [7, 11) is 1.85. The number of hydrogen-bond acceptors (Lipinski definition) is 2. The first kappa shape index (κ1) is 15.3. The fourth-order valence-electron chi connectivity index (χ4n) is 2.35. The highest BCUT2D eigenvalue weighted by Gasteiger charge is 2.11. The summed E-state index contributed by atoms with van der Waals surface area (Å²) in [4.78, 5) is 14.1. The number of carbonyl (C=O) groups excluding carboxylic acids is 1. The van der Waals surface area contributed by atoms with E-state index in [-0.39, 0.29) is 5.91 Å². The van der Waals surface area contributed by atoms with Gasteiger partial charge in [-0.1, -0.05) is 13.3 Å². The van der Waals surface area contributed by atoms with E-state index in [9.17, 15) is 4.79 Å². The molecule has 1 aromatic carbocycles. The predicted molar refractivity (Wildman–Crippen MR) is 84.9 cm³/mol. The molecule has 0 unspecified atom stereocenters. The van der Waals surface area contributed by atoms with Gasteiger partial charge in [-0.15, -0.1) is 0 Å². The number of amides is 1. The summed E-state index contributed by atoms with van der Waals surface area (Å²) in [5.74, 6) is 0.0726. The van der Waals surface area contributed by atoms with Crippen molar-refractivity contribution < 1.29 is 4.79 Å². The molecule has 0 radical (unpaired) electrons. The second-order valence-electron chi connectivity index (χ2n) is 5.47. The Morgan fingerprint density at radius 1 is 1.24 bits per heavy atom. The average Bonchev–Trinajstić information content (AvgIpc) is 2.83. The van der Waals surface area contributed by atoms with E-state index >= 15 is 0 Å². The van der Waals surface area contributed by atoms with E-state index in [4.69, 9.17) is 0 Å². The molecule has 0 spiro atoms. The molecule has 0 atom stereocenters. The van der Waals surface area contributed by atoms with Crippen molar-refractivity contribution in [2.45, 2.75) is 33.6 Å². The second kappa shape index (κ2) is 6.57. The Morgan fingerprint density at radius 3 is 2.43 bits per heavy atom. The molecule has 4 nitrogen and oxygen atoms in total. The van der Waals surface area contributed by atoms with Crippen LogP contribution in [0.4, 0.5) is 0 Å². The summed E-state index contributed by atoms with van der Waals surface area (Å²) in [6, 6.07) is 9.67. The molecular formula is C17H23N3O. The molecule has 0 fully saturated rings. The zero-order chi connectivity index (χ0) is 15.4. The van der Waals surface area contributed by atoms with Crippen LogP contribution in [-0.4, -0.2) is 34.2 Å². The van der Waals surface area contributed by atoms with Crippen LogP contribution in [0.5, 0.6) is 0 Å². The molecule has 0 N–H and O–H groups in total. The lowest BCUT2D eigenvalue weighted by atomic mass is 10.1. The van der Waals surface area contributed by atoms with Gasteiger partial charge in [0.2, 0.25) is 0 Å². The minimum absolute atomic E-state index is 0.0726. The first-order valence-corrected chi connectivity index (χ1v) is 7.42. The van der Waals surface area contributed by atoms with Gasteiger partial charge >= 0.3 is 0 Å². The fraction of sp³-hybridized carbons (Fsp3) is 0.412. The molecule has 0 saturated carbocycles. The van der Waals surface area contributed by atoms with Crippen molar-refractivity contribution in [2.75, 3.05) is 13.6 Å². The van der Waals surface area contributed by atoms with Crippen LogP contribution in [0.3, 0.4) is 0 Å². The maximum atomic E-state index is 12.3. The van der Waals surface area contributed by atoms with E-state index in [1.807, 2.05) is 55.9 Å². The average molecular weight is 285 g/mol. The number of benzene rings is 1. The van der Waals surface area contributed by atoms with Crippen LogP contribution in [0.2, 0.25) is 0 Å². The van der Waals surface area contributed by atoms with Gasteiger partial charge in [0.05, 0.1) is 11.4 Å². The summed E-state index contributed by atoms with van der Waals surface area (Å²) in [6.07, 6.45) is 2.13. The first-order valence-electron chi connectivity index (χ1n) is 7.42. The molecule has 2 rings (SSSR count). The lowest BCUT2D eigenvalue weighted by Gasteiger charge is -2.17. The topological polar surface area (TPSA) is 38.1 Å². The summed E-state index contributed by atoms with van der Waals surface area (Å²) >= 11 is 0. The smallest absolute Gasteiger partial charge is 0.253 e. The predicted octanol–water partition coefficient (Wildman–Crippen LogP) is 3.36. The van der Waals surface area contributed by atoms with Gasteiger partial charge < -0.3 is 4.90 Å². The van der Waals surface area contributed by atoms with Crippen molar-refractivity contribution in [2.24, 2.45) is 0 Å². The van der Waals surface area contributed by atoms with Crippen molar-refractivity contribution in [3.8, 4) is 5.69 Å². The number of nitrogens with zero attached hydrogens (tertiary/aromatic N) is 3. The van der Waals surface area contributed by atoms with Crippen molar-refractivity contribution >= 4 is 5.91 Å². The minimum atomic E-state index is 0.0726. The number of aromatic nitrogens is 2. The third kappa shape index (κ3) is 3.51. The normalized spacial score (nSPS) is 10.7. The molecule has 4 heteroatoms. The van der Waals surface area contributed by atoms with Gasteiger partial charge in [0.1, 0.15) is 0 Å². The highest BCUT2D eigenvalue weighted by atomic mass is 16.2. The summed E-state index contributed by atoms with van der Waals surface area (Å²) in [5, 5.41) is 4.45. The standard InChI is InChI=1S/C17H23N3O/c1-5-6-11-19(4)17(21)15-7-9-16(10-8-15)20-14(3)12-13(2)18-20/h7-10,12H,5-6,11H2,1-4H3. The van der Waals surface area contributed by atoms with Crippen LogP contribution in [0.1, 0.15) is 41.5 Å². The Morgan fingerprint density at radius 2 is 1.90 bits per heavy atom. The van der Waals surface area contributed by atoms with Crippen molar-refractivity contribution in [3.05, 3.63) is 47.3 Å². The molecule has 112 valence electrons. The first-order chi connectivity index (χ1) is 10.0. The zero-order valence-corrected chi connectivity index (χ0v) is 13.3. The Bertz CT molecular complexity index is 613. The maximum Gasteiger partial charge on any atom is 0.253 e. The van der Waals surface area contributed by atoms with Crippen LogP contribution in [0.15, 0.2) is 30.3 Å². The highest BCUT2D eigenvalue weighted by molar-refractivity contribution is 5.94. The van der Waals surface area contributed by atoms with Crippen LogP contribution in [-0.2, 0) is 0 Å². The zero-order valence-electron chi connectivity index (χ0n) is 13.3. The van der Waals surface area contributed by atoms with Crippen LogP contribution < -0.4 is 0 Å². The lowest BCUT2D eigenvalue weighted by molar-refractivity contribution is 0.0793. The van der Waals surface area contributed by atoms with Gasteiger partial charge in [-0.05, 0) is 50.6 Å². The van der Waals surface area contributed by atoms with E-state index in [1.165, 1.54) is 0 Å². The third-order valence-corrected chi connectivity index (χ3v) is 3.56. The Balaban J connectivity index is 2.15. The van der Waals surface area contributed by atoms with Gasteiger partial charge in [0, 0.05) is 24.8 Å². The van der Waals surface area contributed by atoms with Gasteiger partial charge in [0.15, 0.2) is 0 Å². The number of hydrogen-bond donors (Lipinski definition) is 0. The number of carbonyl (C=O) groups is 1. The number of rotatable bonds is 5. The van der Waals surface area contributed by atoms with E-state index in [0.717, 1.165) is 42.0 Å². The fourth-order valence-corrected chi connectivity index (χ4v) is 2.35. The Labute approximate surface area is 126 Å². The second-order valence-corrected chi connectivity index (χ2v) is 5.47. The van der Waals surface area contributed by atoms with Crippen molar-refractivity contribution in [3.63, 3.8) is 0 Å². The molecule has 21 heavy (non-hydrogen) atoms. The van der Waals surface area contributed by atoms with Crippen molar-refractivity contribution in [1.29, 1.82) is 0 Å². The SMILES string of the molecule is CCCCN(C)C(=O)c1ccc(-n2nc(C)cc2C)cc1. The van der Waals surface area contributed by atoms with E-state index in [1.54, 1.807) is 4.90 Å². The van der Waals surface area contributed by atoms with Gasteiger partial charge in [0.25, 0.3) is 5.91 Å². The highest BCUT2D eigenvalue weighted by Crippen LogP contribution is 2.14. The molecule has 0 aliphatic heterocycles. The Hall–Kier alpha value is -2.10. The molecule has 1 amide bonds. The molecule has 0 aliphatic rings. The monoisotopic (exact) mass is 285 g/mol. The molecule has 0 saturated heterocycles. The summed E-state index contributed by atoms with van der Waals surface area (Å²) in [5.41, 5.74) is 3.78. The van der Waals surface area contributed by atoms with Crippen LogP contribution >= 0.6 is 0 Å². The molecule has 1 aromatic heterocycles. The molecule has 2 aromatic rings. The molecule has 1 heterocycles. The molecule has 0 aliphatic carbocycles. The third-order valence-electron chi connectivity index (χ3n) is 3.56. The quantitative estimate of drug-likeness (QED) is 0.845. The van der Waals surface area contributed by atoms with Gasteiger partial charge in [-0.3, -0.25) is 4.79 Å². The maximum absolute atomic E-state index is 12.3. The summed E-state index contributed by atoms with van der Waals surface area (Å²) in [6.45, 7) is 6.93. The summed E-state index contributed by atoms with van der Waals surface area (Å²) < 4.78 is 1.89. The molecular weight excluding hydrogens is 262 g/mol. The van der Waals surface area contributed by atoms with Crippen molar-refractivity contribution in [1.82, 2.24) is 14.7 Å².